The summed E-state index contributed by atoms with van der Waals surface area (Å²) in [6, 6.07) is 1.79. The van der Waals surface area contributed by atoms with E-state index in [1.807, 2.05) is 6.92 Å². The highest BCUT2D eigenvalue weighted by Crippen LogP contribution is 2.20. The van der Waals surface area contributed by atoms with Crippen molar-refractivity contribution in [3.8, 4) is 0 Å². The second kappa shape index (κ2) is 4.05. The molecule has 0 aliphatic rings. The van der Waals surface area contributed by atoms with Crippen LogP contribution < -0.4 is 5.56 Å². The highest BCUT2D eigenvalue weighted by Gasteiger charge is 2.09. The minimum Gasteiger partial charge on any atom is -0.480 e. The Kier molecular flexibility index (Phi) is 2.74. The molecule has 0 saturated heterocycles. The molecule has 2 heterocycles. The summed E-state index contributed by atoms with van der Waals surface area (Å²) in [5, 5.41) is 9.14. The van der Waals surface area contributed by atoms with Gasteiger partial charge >= 0.3 is 5.97 Å². The number of carboxylic acid groups (broad SMARTS) is 1. The molecule has 0 unspecified atom stereocenters. The Bertz CT molecular complexity index is 600. The second-order valence-corrected chi connectivity index (χ2v) is 4.47. The number of rotatable bonds is 3. The summed E-state index contributed by atoms with van der Waals surface area (Å²) in [5.41, 5.74) is -0.289. The first-order chi connectivity index (χ1) is 7.61. The van der Waals surface area contributed by atoms with Crippen molar-refractivity contribution in [1.82, 2.24) is 9.55 Å². The van der Waals surface area contributed by atoms with Gasteiger partial charge in [-0.2, -0.15) is 0 Å². The lowest BCUT2D eigenvalue weighted by Crippen LogP contribution is -2.23. The monoisotopic (exact) mass is 238 g/mol. The van der Waals surface area contributed by atoms with Gasteiger partial charge in [0.2, 0.25) is 0 Å². The number of aryl methyl sites for hydroxylation is 1. The fourth-order valence-corrected chi connectivity index (χ4v) is 2.37. The van der Waals surface area contributed by atoms with Crippen LogP contribution in [0.5, 0.6) is 0 Å². The maximum atomic E-state index is 11.9. The van der Waals surface area contributed by atoms with Crippen LogP contribution in [0.1, 0.15) is 11.8 Å². The van der Waals surface area contributed by atoms with Gasteiger partial charge in [-0.15, -0.1) is 11.3 Å². The third-order valence-electron chi connectivity index (χ3n) is 2.22. The van der Waals surface area contributed by atoms with Crippen molar-refractivity contribution in [2.45, 2.75) is 19.9 Å². The van der Waals surface area contributed by atoms with Crippen LogP contribution in [0.25, 0.3) is 10.2 Å². The van der Waals surface area contributed by atoms with E-state index in [9.17, 15) is 9.59 Å². The lowest BCUT2D eigenvalue weighted by Gasteiger charge is -1.99. The zero-order valence-corrected chi connectivity index (χ0v) is 9.45. The predicted octanol–water partition coefficient (Wildman–Crippen LogP) is 1.11. The molecule has 0 radical (unpaired) electrons. The summed E-state index contributed by atoms with van der Waals surface area (Å²) in [6.45, 7) is 1.65. The number of hydrogen-bond acceptors (Lipinski definition) is 4. The fraction of sp³-hybridized carbons (Fsp3) is 0.300. The number of carbonyl (C=O) groups is 1. The van der Waals surface area contributed by atoms with Gasteiger partial charge in [0.05, 0.1) is 11.7 Å². The fourth-order valence-electron chi connectivity index (χ4n) is 1.44. The quantitative estimate of drug-likeness (QED) is 0.869. The number of hydrogen-bond donors (Lipinski definition) is 1. The third kappa shape index (κ3) is 1.83. The average Bonchev–Trinajstić information content (AvgIpc) is 2.65. The third-order valence-corrected chi connectivity index (χ3v) is 3.41. The summed E-state index contributed by atoms with van der Waals surface area (Å²) >= 11 is 1.47. The number of carboxylic acids is 1. The van der Waals surface area contributed by atoms with Crippen LogP contribution in [0.15, 0.2) is 17.2 Å². The Morgan fingerprint density at radius 3 is 3.00 bits per heavy atom. The van der Waals surface area contributed by atoms with Gasteiger partial charge in [0, 0.05) is 4.88 Å². The second-order valence-electron chi connectivity index (χ2n) is 3.36. The Balaban J connectivity index is 2.59. The Hall–Kier alpha value is -1.69. The highest BCUT2D eigenvalue weighted by molar-refractivity contribution is 7.18. The van der Waals surface area contributed by atoms with Crippen LogP contribution in [0.4, 0.5) is 0 Å². The van der Waals surface area contributed by atoms with Gasteiger partial charge in [-0.3, -0.25) is 14.2 Å². The molecule has 0 aromatic carbocycles. The standard InChI is InChI=1S/C10H10N2O3S/c1-2-6-3-7-9(16-6)11-5-12(10(7)15)4-8(13)14/h3,5H,2,4H2,1H3,(H,13,14). The number of thiophene rings is 1. The van der Waals surface area contributed by atoms with Crippen LogP contribution in [0.3, 0.4) is 0 Å². The molecular weight excluding hydrogens is 228 g/mol. The van der Waals surface area contributed by atoms with Crippen molar-refractivity contribution in [2.24, 2.45) is 0 Å². The van der Waals surface area contributed by atoms with E-state index in [0.29, 0.717) is 10.2 Å². The molecule has 0 spiro atoms. The topological polar surface area (TPSA) is 72.2 Å². The first-order valence-electron chi connectivity index (χ1n) is 4.81. The summed E-state index contributed by atoms with van der Waals surface area (Å²) < 4.78 is 1.11. The molecule has 0 bridgehead atoms. The summed E-state index contributed by atoms with van der Waals surface area (Å²) in [4.78, 5) is 28.2. The first kappa shape index (κ1) is 10.8. The van der Waals surface area contributed by atoms with Crippen LogP contribution in [0, 0.1) is 0 Å². The van der Waals surface area contributed by atoms with E-state index in [1.54, 1.807) is 6.07 Å². The predicted molar refractivity (Wildman–Crippen MR) is 60.9 cm³/mol. The van der Waals surface area contributed by atoms with E-state index in [1.165, 1.54) is 17.7 Å². The SMILES string of the molecule is CCc1cc2c(=O)n(CC(=O)O)cnc2s1. The molecule has 0 fully saturated rings. The number of aromatic nitrogens is 2. The van der Waals surface area contributed by atoms with Gasteiger partial charge < -0.3 is 5.11 Å². The average molecular weight is 238 g/mol. The molecule has 1 N–H and O–H groups in total. The largest absolute Gasteiger partial charge is 0.480 e. The first-order valence-corrected chi connectivity index (χ1v) is 5.63. The number of aliphatic carboxylic acids is 1. The Labute approximate surface area is 95.0 Å². The van der Waals surface area contributed by atoms with Crippen molar-refractivity contribution in [3.05, 3.63) is 27.6 Å². The summed E-state index contributed by atoms with van der Waals surface area (Å²) in [5.74, 6) is -1.05. The van der Waals surface area contributed by atoms with Gasteiger partial charge in [-0.25, -0.2) is 4.98 Å². The molecule has 5 nitrogen and oxygen atoms in total. The highest BCUT2D eigenvalue weighted by atomic mass is 32.1. The molecule has 0 saturated carbocycles. The van der Waals surface area contributed by atoms with Crippen molar-refractivity contribution >= 4 is 27.5 Å². The van der Waals surface area contributed by atoms with Crippen LogP contribution in [-0.2, 0) is 17.8 Å². The molecule has 0 atom stereocenters. The molecule has 2 aromatic rings. The lowest BCUT2D eigenvalue weighted by atomic mass is 10.3. The van der Waals surface area contributed by atoms with Gasteiger partial charge in [0.25, 0.3) is 5.56 Å². The Morgan fingerprint density at radius 2 is 2.38 bits per heavy atom. The van der Waals surface area contributed by atoms with Crippen LogP contribution >= 0.6 is 11.3 Å². The minimum atomic E-state index is -1.05. The van der Waals surface area contributed by atoms with Crippen molar-refractivity contribution in [2.75, 3.05) is 0 Å². The Morgan fingerprint density at radius 1 is 1.62 bits per heavy atom. The zero-order chi connectivity index (χ0) is 11.7. The smallest absolute Gasteiger partial charge is 0.323 e. The molecular formula is C10H10N2O3S. The normalized spacial score (nSPS) is 10.8. The van der Waals surface area contributed by atoms with E-state index in [4.69, 9.17) is 5.11 Å². The van der Waals surface area contributed by atoms with Gasteiger partial charge in [-0.05, 0) is 12.5 Å². The molecule has 16 heavy (non-hydrogen) atoms. The van der Waals surface area contributed by atoms with E-state index in [-0.39, 0.29) is 12.1 Å². The minimum absolute atomic E-state index is 0.289. The summed E-state index contributed by atoms with van der Waals surface area (Å²) in [7, 11) is 0. The zero-order valence-electron chi connectivity index (χ0n) is 8.64. The van der Waals surface area contributed by atoms with Gasteiger partial charge in [0.15, 0.2) is 0 Å². The maximum absolute atomic E-state index is 11.9. The molecule has 0 aliphatic heterocycles. The lowest BCUT2D eigenvalue weighted by molar-refractivity contribution is -0.137. The molecule has 0 aliphatic carbocycles. The molecule has 6 heteroatoms. The molecule has 2 aromatic heterocycles. The van der Waals surface area contributed by atoms with Gasteiger partial charge in [-0.1, -0.05) is 6.92 Å². The van der Waals surface area contributed by atoms with Crippen molar-refractivity contribution < 1.29 is 9.90 Å². The number of fused-ring (bicyclic) bond motifs is 1. The van der Waals surface area contributed by atoms with Crippen molar-refractivity contribution in [3.63, 3.8) is 0 Å². The van der Waals surface area contributed by atoms with Gasteiger partial charge in [0.1, 0.15) is 11.4 Å². The van der Waals surface area contributed by atoms with E-state index < -0.39 is 5.97 Å². The molecule has 0 amide bonds. The van der Waals surface area contributed by atoms with Crippen LogP contribution in [-0.4, -0.2) is 20.6 Å². The maximum Gasteiger partial charge on any atom is 0.323 e. The van der Waals surface area contributed by atoms with E-state index in [0.717, 1.165) is 15.9 Å². The van der Waals surface area contributed by atoms with Crippen molar-refractivity contribution in [1.29, 1.82) is 0 Å². The van der Waals surface area contributed by atoms with E-state index >= 15 is 0 Å². The van der Waals surface area contributed by atoms with E-state index in [2.05, 4.69) is 4.98 Å². The molecule has 2 rings (SSSR count). The number of nitrogens with zero attached hydrogens (tertiary/aromatic N) is 2. The summed E-state index contributed by atoms with van der Waals surface area (Å²) in [6.07, 6.45) is 2.13. The van der Waals surface area contributed by atoms with Crippen LogP contribution in [0.2, 0.25) is 0 Å². The molecule has 84 valence electrons.